The highest BCUT2D eigenvalue weighted by Gasteiger charge is 1.93. The lowest BCUT2D eigenvalue weighted by Gasteiger charge is -1.98. The summed E-state index contributed by atoms with van der Waals surface area (Å²) < 4.78 is 0. The van der Waals surface area contributed by atoms with Crippen LogP contribution in [0.3, 0.4) is 0 Å². The van der Waals surface area contributed by atoms with Crippen LogP contribution in [-0.2, 0) is 0 Å². The van der Waals surface area contributed by atoms with Gasteiger partial charge in [0.05, 0.1) is 11.6 Å². The smallest absolute Gasteiger partial charge is 0.0992 e. The molecular formula is C10H11NS. The number of hydrogen-bond donors (Lipinski definition) is 0. The Bertz CT molecular complexity index is 288. The molecule has 0 aliphatic rings. The molecule has 0 fully saturated rings. The van der Waals surface area contributed by atoms with E-state index in [1.165, 1.54) is 11.3 Å². The molecule has 0 bridgehead atoms. The third kappa shape index (κ3) is 2.60. The first kappa shape index (κ1) is 9.15. The Morgan fingerprint density at radius 2 is 2.33 bits per heavy atom. The highest BCUT2D eigenvalue weighted by molar-refractivity contribution is 7.99. The van der Waals surface area contributed by atoms with Gasteiger partial charge in [-0.05, 0) is 30.4 Å². The third-order valence-corrected chi connectivity index (χ3v) is 2.64. The van der Waals surface area contributed by atoms with E-state index in [2.05, 4.69) is 13.0 Å². The van der Waals surface area contributed by atoms with E-state index in [9.17, 15) is 0 Å². The monoisotopic (exact) mass is 177 g/mol. The highest BCUT2D eigenvalue weighted by atomic mass is 32.2. The van der Waals surface area contributed by atoms with Crippen molar-refractivity contribution in [3.05, 3.63) is 29.8 Å². The van der Waals surface area contributed by atoms with E-state index in [4.69, 9.17) is 5.26 Å². The summed E-state index contributed by atoms with van der Waals surface area (Å²) in [5.74, 6) is 1.12. The van der Waals surface area contributed by atoms with Crippen LogP contribution in [0.1, 0.15) is 18.9 Å². The van der Waals surface area contributed by atoms with E-state index >= 15 is 0 Å². The van der Waals surface area contributed by atoms with Crippen LogP contribution in [0.5, 0.6) is 0 Å². The van der Waals surface area contributed by atoms with Crippen molar-refractivity contribution in [3.63, 3.8) is 0 Å². The van der Waals surface area contributed by atoms with Crippen LogP contribution in [0.2, 0.25) is 0 Å². The molecular weight excluding hydrogens is 166 g/mol. The molecule has 62 valence electrons. The van der Waals surface area contributed by atoms with Gasteiger partial charge in [-0.15, -0.1) is 11.8 Å². The second-order valence-corrected chi connectivity index (χ2v) is 3.66. The minimum absolute atomic E-state index is 0.746. The molecule has 0 saturated heterocycles. The molecule has 0 aliphatic heterocycles. The molecule has 0 atom stereocenters. The number of hydrogen-bond acceptors (Lipinski definition) is 2. The molecule has 1 rings (SSSR count). The molecule has 1 nitrogen and oxygen atoms in total. The second kappa shape index (κ2) is 4.84. The average molecular weight is 177 g/mol. The Labute approximate surface area is 77.4 Å². The standard InChI is InChI=1S/C10H11NS/c1-2-6-12-10-5-3-4-9(7-10)8-11/h3-5,7H,2,6H2,1H3. The topological polar surface area (TPSA) is 23.8 Å². The molecule has 0 saturated carbocycles. The molecule has 12 heavy (non-hydrogen) atoms. The molecule has 0 heterocycles. The van der Waals surface area contributed by atoms with Gasteiger partial charge in [-0.25, -0.2) is 0 Å². The number of thioether (sulfide) groups is 1. The van der Waals surface area contributed by atoms with E-state index in [-0.39, 0.29) is 0 Å². The molecule has 0 radical (unpaired) electrons. The maximum absolute atomic E-state index is 8.63. The van der Waals surface area contributed by atoms with Gasteiger partial charge in [-0.3, -0.25) is 0 Å². The summed E-state index contributed by atoms with van der Waals surface area (Å²) in [6.45, 7) is 2.15. The van der Waals surface area contributed by atoms with E-state index in [0.29, 0.717) is 0 Å². The van der Waals surface area contributed by atoms with Gasteiger partial charge in [-0.1, -0.05) is 13.0 Å². The average Bonchev–Trinajstić information content (AvgIpc) is 2.15. The SMILES string of the molecule is CCCSc1cccc(C#N)c1. The Hall–Kier alpha value is -0.940. The molecule has 0 aromatic heterocycles. The van der Waals surface area contributed by atoms with Crippen LogP contribution in [0.4, 0.5) is 0 Å². The predicted molar refractivity (Wildman–Crippen MR) is 52.2 cm³/mol. The molecule has 0 aliphatic carbocycles. The van der Waals surface area contributed by atoms with Gasteiger partial charge in [0.15, 0.2) is 0 Å². The molecule has 1 aromatic rings. The first-order valence-electron chi connectivity index (χ1n) is 3.99. The van der Waals surface area contributed by atoms with Crippen molar-refractivity contribution in [2.75, 3.05) is 5.75 Å². The first-order valence-corrected chi connectivity index (χ1v) is 4.98. The third-order valence-electron chi connectivity index (χ3n) is 1.44. The van der Waals surface area contributed by atoms with Gasteiger partial charge in [-0.2, -0.15) is 5.26 Å². The number of rotatable bonds is 3. The van der Waals surface area contributed by atoms with Gasteiger partial charge in [0.2, 0.25) is 0 Å². The van der Waals surface area contributed by atoms with Crippen molar-refractivity contribution in [2.45, 2.75) is 18.2 Å². The zero-order valence-electron chi connectivity index (χ0n) is 7.08. The van der Waals surface area contributed by atoms with Gasteiger partial charge in [0.1, 0.15) is 0 Å². The molecule has 0 N–H and O–H groups in total. The van der Waals surface area contributed by atoms with Crippen molar-refractivity contribution in [2.24, 2.45) is 0 Å². The molecule has 1 aromatic carbocycles. The Morgan fingerprint density at radius 1 is 1.50 bits per heavy atom. The van der Waals surface area contributed by atoms with Crippen molar-refractivity contribution < 1.29 is 0 Å². The lowest BCUT2D eigenvalue weighted by atomic mass is 10.2. The first-order chi connectivity index (χ1) is 5.86. The summed E-state index contributed by atoms with van der Waals surface area (Å²) in [5, 5.41) is 8.63. The summed E-state index contributed by atoms with van der Waals surface area (Å²) in [6.07, 6.45) is 1.17. The fourth-order valence-corrected chi connectivity index (χ4v) is 1.70. The van der Waals surface area contributed by atoms with Crippen LogP contribution in [0.25, 0.3) is 0 Å². The fraction of sp³-hybridized carbons (Fsp3) is 0.300. The maximum atomic E-state index is 8.63. The molecule has 0 unspecified atom stereocenters. The van der Waals surface area contributed by atoms with Crippen molar-refractivity contribution >= 4 is 11.8 Å². The maximum Gasteiger partial charge on any atom is 0.0992 e. The van der Waals surface area contributed by atoms with Crippen molar-refractivity contribution in [1.82, 2.24) is 0 Å². The van der Waals surface area contributed by atoms with Crippen LogP contribution in [-0.4, -0.2) is 5.75 Å². The van der Waals surface area contributed by atoms with E-state index in [1.807, 2.05) is 24.3 Å². The zero-order valence-corrected chi connectivity index (χ0v) is 7.90. The largest absolute Gasteiger partial charge is 0.192 e. The number of nitriles is 1. The minimum Gasteiger partial charge on any atom is -0.192 e. The van der Waals surface area contributed by atoms with Crippen LogP contribution in [0.15, 0.2) is 29.2 Å². The highest BCUT2D eigenvalue weighted by Crippen LogP contribution is 2.19. The Kier molecular flexibility index (Phi) is 3.69. The summed E-state index contributed by atoms with van der Waals surface area (Å²) in [7, 11) is 0. The van der Waals surface area contributed by atoms with Gasteiger partial charge in [0, 0.05) is 4.90 Å². The van der Waals surface area contributed by atoms with Crippen molar-refractivity contribution in [3.8, 4) is 6.07 Å². The number of nitrogens with zero attached hydrogens (tertiary/aromatic N) is 1. The van der Waals surface area contributed by atoms with Crippen LogP contribution in [0, 0.1) is 11.3 Å². The summed E-state index contributed by atoms with van der Waals surface area (Å²) in [4.78, 5) is 1.19. The van der Waals surface area contributed by atoms with E-state index < -0.39 is 0 Å². The van der Waals surface area contributed by atoms with E-state index in [1.54, 1.807) is 11.8 Å². The Morgan fingerprint density at radius 3 is 3.00 bits per heavy atom. The minimum atomic E-state index is 0.746. The number of benzene rings is 1. The normalized spacial score (nSPS) is 9.33. The lowest BCUT2D eigenvalue weighted by Crippen LogP contribution is -1.78. The zero-order chi connectivity index (χ0) is 8.81. The van der Waals surface area contributed by atoms with Gasteiger partial charge in [0.25, 0.3) is 0 Å². The molecule has 2 heteroatoms. The molecule has 0 amide bonds. The summed E-state index contributed by atoms with van der Waals surface area (Å²) in [6, 6.07) is 9.86. The summed E-state index contributed by atoms with van der Waals surface area (Å²) >= 11 is 1.80. The van der Waals surface area contributed by atoms with Gasteiger partial charge < -0.3 is 0 Å². The van der Waals surface area contributed by atoms with Crippen LogP contribution >= 0.6 is 11.8 Å². The Balaban J connectivity index is 2.68. The summed E-state index contributed by atoms with van der Waals surface area (Å²) in [5.41, 5.74) is 0.746. The van der Waals surface area contributed by atoms with E-state index in [0.717, 1.165) is 11.3 Å². The van der Waals surface area contributed by atoms with Crippen molar-refractivity contribution in [1.29, 1.82) is 5.26 Å². The van der Waals surface area contributed by atoms with Crippen LogP contribution < -0.4 is 0 Å². The second-order valence-electron chi connectivity index (χ2n) is 2.49. The fourth-order valence-electron chi connectivity index (χ4n) is 0.875. The predicted octanol–water partition coefficient (Wildman–Crippen LogP) is 3.06. The lowest BCUT2D eigenvalue weighted by molar-refractivity contribution is 1.10. The molecule has 0 spiro atoms. The quantitative estimate of drug-likeness (QED) is 0.662. The van der Waals surface area contributed by atoms with Gasteiger partial charge >= 0.3 is 0 Å².